The fourth-order valence-corrected chi connectivity index (χ4v) is 5.48. The van der Waals surface area contributed by atoms with Crippen LogP contribution in [0.4, 0.5) is 10.1 Å². The van der Waals surface area contributed by atoms with E-state index in [1.54, 1.807) is 12.1 Å². The van der Waals surface area contributed by atoms with Gasteiger partial charge >= 0.3 is 5.97 Å². The first kappa shape index (κ1) is 27.3. The van der Waals surface area contributed by atoms with Crippen LogP contribution in [-0.4, -0.2) is 34.3 Å². The van der Waals surface area contributed by atoms with Crippen molar-refractivity contribution < 1.29 is 23.8 Å². The van der Waals surface area contributed by atoms with Crippen LogP contribution in [-0.2, 0) is 16.1 Å². The quantitative estimate of drug-likeness (QED) is 0.233. The van der Waals surface area contributed by atoms with Crippen LogP contribution in [0, 0.1) is 11.7 Å². The Kier molecular flexibility index (Phi) is 8.12. The van der Waals surface area contributed by atoms with E-state index in [0.29, 0.717) is 24.2 Å². The van der Waals surface area contributed by atoms with Crippen molar-refractivity contribution in [1.29, 1.82) is 0 Å². The lowest BCUT2D eigenvalue weighted by molar-refractivity contribution is -0.137. The zero-order valence-corrected chi connectivity index (χ0v) is 22.6. The van der Waals surface area contributed by atoms with E-state index in [0.717, 1.165) is 28.1 Å². The molecule has 1 aromatic heterocycles. The third-order valence-electron chi connectivity index (χ3n) is 7.37. The number of anilines is 1. The molecule has 40 heavy (non-hydrogen) atoms. The Morgan fingerprint density at radius 3 is 2.25 bits per heavy atom. The Bertz CT molecular complexity index is 1480. The van der Waals surface area contributed by atoms with E-state index in [1.165, 1.54) is 12.1 Å². The van der Waals surface area contributed by atoms with Gasteiger partial charge in [0.2, 0.25) is 0 Å². The minimum Gasteiger partial charge on any atom is -0.465 e. The summed E-state index contributed by atoms with van der Waals surface area (Å²) in [5, 5.41) is 14.0. The van der Waals surface area contributed by atoms with Crippen LogP contribution in [0.1, 0.15) is 48.7 Å². The highest BCUT2D eigenvalue weighted by molar-refractivity contribution is 6.12. The summed E-state index contributed by atoms with van der Waals surface area (Å²) in [5.41, 5.74) is 5.18. The number of hydrogen-bond acceptors (Lipinski definition) is 4. The van der Waals surface area contributed by atoms with Gasteiger partial charge in [-0.05, 0) is 59.9 Å². The Morgan fingerprint density at radius 2 is 1.65 bits per heavy atom. The zero-order chi connectivity index (χ0) is 28.2. The predicted octanol–water partition coefficient (Wildman–Crippen LogP) is 6.65. The molecule has 1 amide bonds. The summed E-state index contributed by atoms with van der Waals surface area (Å²) >= 11 is 0. The molecule has 0 saturated carbocycles. The number of nitrogens with zero attached hydrogens (tertiary/aromatic N) is 1. The molecule has 6 nitrogen and oxygen atoms in total. The minimum atomic E-state index is -0.753. The molecule has 0 aliphatic carbocycles. The van der Waals surface area contributed by atoms with Gasteiger partial charge in [0.1, 0.15) is 5.82 Å². The standard InChI is InChI=1S/C33H33FN2O4/c1-21(2)31-30(33(39)35-26-11-7-4-8-12-26)29(22-9-5-3-6-10-22)32(23-13-15-25(34)16-14-23)36(31)18-17-27(37)24-19-28(38)40-20-24/h3-16,21,24,27,37H,17-20H2,1-2H3,(H,35,39)/t24?,27-/m1/s1. The maximum absolute atomic E-state index is 14.1. The van der Waals surface area contributed by atoms with Crippen molar-refractivity contribution in [2.75, 3.05) is 11.9 Å². The average Bonchev–Trinajstić information content (AvgIpc) is 3.55. The number of carbonyl (C=O) groups is 2. The van der Waals surface area contributed by atoms with Crippen molar-refractivity contribution in [3.63, 3.8) is 0 Å². The molecule has 0 bridgehead atoms. The summed E-state index contributed by atoms with van der Waals surface area (Å²) in [4.78, 5) is 25.7. The molecule has 2 heterocycles. The molecule has 1 saturated heterocycles. The smallest absolute Gasteiger partial charge is 0.306 e. The van der Waals surface area contributed by atoms with Crippen molar-refractivity contribution >= 4 is 17.6 Å². The number of aliphatic hydroxyl groups is 1. The van der Waals surface area contributed by atoms with E-state index in [-0.39, 0.29) is 42.6 Å². The maximum atomic E-state index is 14.1. The topological polar surface area (TPSA) is 80.6 Å². The first-order chi connectivity index (χ1) is 19.3. The Hall–Kier alpha value is -4.23. The van der Waals surface area contributed by atoms with Gasteiger partial charge in [-0.25, -0.2) is 4.39 Å². The van der Waals surface area contributed by atoms with Crippen LogP contribution in [0.5, 0.6) is 0 Å². The fourth-order valence-electron chi connectivity index (χ4n) is 5.48. The van der Waals surface area contributed by atoms with Crippen molar-refractivity contribution in [2.24, 2.45) is 5.92 Å². The van der Waals surface area contributed by atoms with E-state index in [2.05, 4.69) is 9.88 Å². The maximum Gasteiger partial charge on any atom is 0.306 e. The van der Waals surface area contributed by atoms with Crippen molar-refractivity contribution in [1.82, 2.24) is 4.57 Å². The molecule has 2 atom stereocenters. The molecule has 0 spiro atoms. The van der Waals surface area contributed by atoms with Gasteiger partial charge in [0.15, 0.2) is 0 Å². The number of hydrogen-bond donors (Lipinski definition) is 2. The summed E-state index contributed by atoms with van der Waals surface area (Å²) < 4.78 is 21.2. The molecule has 1 fully saturated rings. The highest BCUT2D eigenvalue weighted by Gasteiger charge is 2.33. The van der Waals surface area contributed by atoms with Crippen LogP contribution < -0.4 is 5.32 Å². The fraction of sp³-hybridized carbons (Fsp3) is 0.273. The van der Waals surface area contributed by atoms with Gasteiger partial charge in [-0.3, -0.25) is 9.59 Å². The van der Waals surface area contributed by atoms with Crippen LogP contribution in [0.3, 0.4) is 0 Å². The van der Waals surface area contributed by atoms with Crippen molar-refractivity contribution in [2.45, 2.75) is 45.3 Å². The first-order valence-corrected chi connectivity index (χ1v) is 13.6. The van der Waals surface area contributed by atoms with E-state index >= 15 is 0 Å². The number of amides is 1. The number of nitrogens with one attached hydrogen (secondary N) is 1. The monoisotopic (exact) mass is 540 g/mol. The summed E-state index contributed by atoms with van der Waals surface area (Å²) in [6.45, 7) is 4.67. The molecule has 5 rings (SSSR count). The van der Waals surface area contributed by atoms with Crippen LogP contribution in [0.15, 0.2) is 84.9 Å². The van der Waals surface area contributed by atoms with Gasteiger partial charge in [0.05, 0.1) is 30.4 Å². The minimum absolute atomic E-state index is 0.0540. The average molecular weight is 541 g/mol. The predicted molar refractivity (Wildman–Crippen MR) is 153 cm³/mol. The van der Waals surface area contributed by atoms with Crippen LogP contribution in [0.2, 0.25) is 0 Å². The number of cyclic esters (lactones) is 1. The number of aliphatic hydroxyl groups excluding tert-OH is 1. The summed E-state index contributed by atoms with van der Waals surface area (Å²) in [6, 6.07) is 25.3. The lowest BCUT2D eigenvalue weighted by atomic mass is 9.94. The molecule has 1 aliphatic heterocycles. The van der Waals surface area contributed by atoms with Gasteiger partial charge < -0.3 is 19.7 Å². The van der Waals surface area contributed by atoms with Gasteiger partial charge in [-0.1, -0.05) is 62.4 Å². The number of benzene rings is 3. The molecule has 206 valence electrons. The lowest BCUT2D eigenvalue weighted by Crippen LogP contribution is -2.23. The number of esters is 1. The van der Waals surface area contributed by atoms with Crippen molar-refractivity contribution in [3.05, 3.63) is 102 Å². The first-order valence-electron chi connectivity index (χ1n) is 13.6. The molecule has 4 aromatic rings. The number of carbonyl (C=O) groups excluding carboxylic acids is 2. The number of para-hydroxylation sites is 1. The third kappa shape index (κ3) is 5.70. The second-order valence-corrected chi connectivity index (χ2v) is 10.5. The number of halogens is 1. The van der Waals surface area contributed by atoms with Gasteiger partial charge in [-0.15, -0.1) is 0 Å². The molecule has 7 heteroatoms. The molecule has 2 N–H and O–H groups in total. The molecular formula is C33H33FN2O4. The molecule has 1 aliphatic rings. The molecule has 3 aromatic carbocycles. The summed E-state index contributed by atoms with van der Waals surface area (Å²) in [6.07, 6.45) is -0.205. The second-order valence-electron chi connectivity index (χ2n) is 10.5. The summed E-state index contributed by atoms with van der Waals surface area (Å²) in [5.74, 6) is -1.22. The molecule has 1 unspecified atom stereocenters. The number of rotatable bonds is 9. The molecular weight excluding hydrogens is 507 g/mol. The zero-order valence-electron chi connectivity index (χ0n) is 22.6. The van der Waals surface area contributed by atoms with Crippen LogP contribution in [0.25, 0.3) is 22.4 Å². The van der Waals surface area contributed by atoms with E-state index in [4.69, 9.17) is 4.74 Å². The molecule has 0 radical (unpaired) electrons. The van der Waals surface area contributed by atoms with Gasteiger partial charge in [0, 0.05) is 29.4 Å². The Morgan fingerprint density at radius 1 is 1.00 bits per heavy atom. The van der Waals surface area contributed by atoms with E-state index in [1.807, 2.05) is 74.5 Å². The van der Waals surface area contributed by atoms with E-state index < -0.39 is 6.10 Å². The number of ether oxygens (including phenoxy) is 1. The van der Waals surface area contributed by atoms with Gasteiger partial charge in [-0.2, -0.15) is 0 Å². The largest absolute Gasteiger partial charge is 0.465 e. The highest BCUT2D eigenvalue weighted by Crippen LogP contribution is 2.42. The third-order valence-corrected chi connectivity index (χ3v) is 7.37. The second kappa shape index (κ2) is 11.9. The lowest BCUT2D eigenvalue weighted by Gasteiger charge is -2.21. The SMILES string of the molecule is CC(C)c1c(C(=O)Nc2ccccc2)c(-c2ccccc2)c(-c2ccc(F)cc2)n1CC[C@@H](O)C1COC(=O)C1. The Labute approximate surface area is 233 Å². The van der Waals surface area contributed by atoms with Crippen molar-refractivity contribution in [3.8, 4) is 22.4 Å². The summed E-state index contributed by atoms with van der Waals surface area (Å²) in [7, 11) is 0. The normalized spacial score (nSPS) is 15.7. The highest BCUT2D eigenvalue weighted by atomic mass is 19.1. The van der Waals surface area contributed by atoms with E-state index in [9.17, 15) is 19.1 Å². The number of aromatic nitrogens is 1. The van der Waals surface area contributed by atoms with Crippen LogP contribution >= 0.6 is 0 Å². The van der Waals surface area contributed by atoms with Gasteiger partial charge in [0.25, 0.3) is 5.91 Å². The Balaban J connectivity index is 1.70.